The summed E-state index contributed by atoms with van der Waals surface area (Å²) >= 11 is 0. The lowest BCUT2D eigenvalue weighted by atomic mass is 10.4. The van der Waals surface area contributed by atoms with Crippen molar-refractivity contribution in [2.24, 2.45) is 0 Å². The SMILES string of the molecule is C1COCC[NH+]2CCOCCOCC[NH+](CCO1)CCOCCOCC2.O.O.[Br-].[Br-]. The molecule has 0 atom stereocenters. The topological polar surface area (TPSA) is 127 Å². The van der Waals surface area contributed by atoms with E-state index < -0.39 is 0 Å². The Kier molecular flexibility index (Phi) is 30.3. The smallest absolute Gasteiger partial charge is 0.101 e. The fourth-order valence-electron chi connectivity index (χ4n) is 3.01. The van der Waals surface area contributed by atoms with Crippen LogP contribution in [0.1, 0.15) is 0 Å². The molecule has 30 heavy (non-hydrogen) atoms. The van der Waals surface area contributed by atoms with E-state index in [1.165, 1.54) is 9.80 Å². The zero-order valence-electron chi connectivity index (χ0n) is 17.9. The first-order valence-electron chi connectivity index (χ1n) is 10.1. The number of hydrogen-bond acceptors (Lipinski definition) is 6. The first kappa shape index (κ1) is 35.2. The van der Waals surface area contributed by atoms with E-state index in [1.54, 1.807) is 0 Å². The molecule has 0 aromatic carbocycles. The highest BCUT2D eigenvalue weighted by molar-refractivity contribution is 4.41. The van der Waals surface area contributed by atoms with Crippen LogP contribution in [0.25, 0.3) is 0 Å². The van der Waals surface area contributed by atoms with Crippen LogP contribution >= 0.6 is 0 Å². The number of quaternary nitrogens is 2. The third-order valence-corrected chi connectivity index (χ3v) is 4.72. The van der Waals surface area contributed by atoms with Gasteiger partial charge in [0, 0.05) is 0 Å². The second-order valence-electron chi connectivity index (χ2n) is 6.67. The number of rotatable bonds is 0. The van der Waals surface area contributed by atoms with Crippen molar-refractivity contribution in [1.29, 1.82) is 0 Å². The Hall–Kier alpha value is 0.560. The Morgan fingerprint density at radius 2 is 0.467 bits per heavy atom. The normalized spacial score (nSPS) is 26.4. The second kappa shape index (κ2) is 25.8. The van der Waals surface area contributed by atoms with E-state index in [2.05, 4.69) is 0 Å². The molecular formula is C18H42Br2N2O8. The van der Waals surface area contributed by atoms with Crippen LogP contribution in [0.15, 0.2) is 0 Å². The van der Waals surface area contributed by atoms with Gasteiger partial charge in [0.2, 0.25) is 0 Å². The van der Waals surface area contributed by atoms with Crippen molar-refractivity contribution in [2.45, 2.75) is 0 Å². The summed E-state index contributed by atoms with van der Waals surface area (Å²) in [6.07, 6.45) is 0. The third-order valence-electron chi connectivity index (χ3n) is 4.72. The van der Waals surface area contributed by atoms with Crippen LogP contribution in [0, 0.1) is 0 Å². The molecule has 3 saturated heterocycles. The lowest BCUT2D eigenvalue weighted by Gasteiger charge is -2.22. The molecule has 0 aliphatic carbocycles. The van der Waals surface area contributed by atoms with Crippen molar-refractivity contribution in [3.63, 3.8) is 0 Å². The Labute approximate surface area is 201 Å². The Morgan fingerprint density at radius 1 is 0.300 bits per heavy atom. The van der Waals surface area contributed by atoms with Crippen LogP contribution in [0.2, 0.25) is 0 Å². The fraction of sp³-hybridized carbons (Fsp3) is 1.00. The largest absolute Gasteiger partial charge is 1.00 e. The maximum atomic E-state index is 5.73. The number of ether oxygens (including phenoxy) is 6. The predicted octanol–water partition coefficient (Wildman–Crippen LogP) is -10.8. The van der Waals surface area contributed by atoms with E-state index in [0.29, 0.717) is 39.6 Å². The van der Waals surface area contributed by atoms with Gasteiger partial charge in [-0.1, -0.05) is 0 Å². The summed E-state index contributed by atoms with van der Waals surface area (Å²) < 4.78 is 34.4. The zero-order valence-corrected chi connectivity index (χ0v) is 21.1. The average molecular weight is 574 g/mol. The van der Waals surface area contributed by atoms with Crippen molar-refractivity contribution in [2.75, 3.05) is 119 Å². The van der Waals surface area contributed by atoms with Gasteiger partial charge in [0.1, 0.15) is 39.3 Å². The minimum absolute atomic E-state index is 0. The van der Waals surface area contributed by atoms with Crippen molar-refractivity contribution in [3.05, 3.63) is 0 Å². The average Bonchev–Trinajstić information content (AvgIpc) is 2.65. The summed E-state index contributed by atoms with van der Waals surface area (Å²) in [7, 11) is 0. The monoisotopic (exact) mass is 572 g/mol. The molecule has 3 aliphatic rings. The van der Waals surface area contributed by atoms with E-state index >= 15 is 0 Å². The third kappa shape index (κ3) is 19.3. The van der Waals surface area contributed by atoms with Gasteiger partial charge in [-0.15, -0.1) is 0 Å². The number of hydrogen-bond donors (Lipinski definition) is 2. The van der Waals surface area contributed by atoms with E-state index in [4.69, 9.17) is 28.4 Å². The highest BCUT2D eigenvalue weighted by Gasteiger charge is 2.11. The lowest BCUT2D eigenvalue weighted by Crippen LogP contribution is -3.13. The molecule has 0 saturated carbocycles. The van der Waals surface area contributed by atoms with Gasteiger partial charge >= 0.3 is 0 Å². The van der Waals surface area contributed by atoms with Crippen molar-refractivity contribution < 1.29 is 83.1 Å². The quantitative estimate of drug-likeness (QED) is 0.296. The maximum absolute atomic E-state index is 5.73. The predicted molar refractivity (Wildman–Crippen MR) is 103 cm³/mol. The summed E-state index contributed by atoms with van der Waals surface area (Å²) in [6.45, 7) is 14.1. The summed E-state index contributed by atoms with van der Waals surface area (Å²) in [5.41, 5.74) is 0. The maximum Gasteiger partial charge on any atom is 0.101 e. The van der Waals surface area contributed by atoms with Crippen LogP contribution in [0.5, 0.6) is 0 Å². The molecule has 6 N–H and O–H groups in total. The van der Waals surface area contributed by atoms with Gasteiger partial charge in [-0.2, -0.15) is 0 Å². The van der Waals surface area contributed by atoms with Crippen LogP contribution in [-0.2, 0) is 28.4 Å². The van der Waals surface area contributed by atoms with Gasteiger partial charge in [0.25, 0.3) is 0 Å². The molecule has 3 aliphatic heterocycles. The molecule has 0 spiro atoms. The molecular weight excluding hydrogens is 532 g/mol. The lowest BCUT2D eigenvalue weighted by molar-refractivity contribution is -0.902. The molecule has 0 aromatic heterocycles. The van der Waals surface area contributed by atoms with Crippen LogP contribution in [0.4, 0.5) is 0 Å². The van der Waals surface area contributed by atoms with Crippen LogP contribution < -0.4 is 43.8 Å². The molecule has 0 radical (unpaired) electrons. The van der Waals surface area contributed by atoms with E-state index in [0.717, 1.165) is 78.9 Å². The summed E-state index contributed by atoms with van der Waals surface area (Å²) in [4.78, 5) is 2.88. The summed E-state index contributed by atoms with van der Waals surface area (Å²) in [6, 6.07) is 0. The van der Waals surface area contributed by atoms with Gasteiger partial charge in [-0.25, -0.2) is 0 Å². The van der Waals surface area contributed by atoms with Crippen LogP contribution in [0.3, 0.4) is 0 Å². The molecule has 3 rings (SSSR count). The standard InChI is InChI=1S/C18H36N2O6.2BrH.2H2O/c1-7-21-13-14-24-10-4-20-5-11-25-17-15-22-8-2-19(1)3-9-23-16-18-26-12-6-20;;;;/h1-18H2;2*1H;2*1H2. The molecule has 3 fully saturated rings. The van der Waals surface area contributed by atoms with Gasteiger partial charge in [0.15, 0.2) is 0 Å². The fourth-order valence-corrected chi connectivity index (χ4v) is 3.01. The highest BCUT2D eigenvalue weighted by Crippen LogP contribution is 1.82. The molecule has 0 unspecified atom stereocenters. The molecule has 0 aromatic rings. The van der Waals surface area contributed by atoms with Crippen molar-refractivity contribution in [3.8, 4) is 0 Å². The molecule has 3 heterocycles. The molecule has 0 amide bonds. The van der Waals surface area contributed by atoms with E-state index in [-0.39, 0.29) is 44.9 Å². The number of fused-ring (bicyclic) bond motifs is 21. The molecule has 10 nitrogen and oxygen atoms in total. The van der Waals surface area contributed by atoms with Gasteiger partial charge < -0.3 is 83.1 Å². The minimum atomic E-state index is 0. The summed E-state index contributed by atoms with van der Waals surface area (Å²) in [5, 5.41) is 0. The van der Waals surface area contributed by atoms with Crippen molar-refractivity contribution in [1.82, 2.24) is 0 Å². The highest BCUT2D eigenvalue weighted by atomic mass is 79.9. The zero-order chi connectivity index (χ0) is 18.1. The second-order valence-corrected chi connectivity index (χ2v) is 6.67. The van der Waals surface area contributed by atoms with Gasteiger partial charge in [-0.3, -0.25) is 0 Å². The summed E-state index contributed by atoms with van der Waals surface area (Å²) in [5.74, 6) is 0. The van der Waals surface area contributed by atoms with Crippen LogP contribution in [-0.4, -0.2) is 130 Å². The van der Waals surface area contributed by atoms with E-state index in [9.17, 15) is 0 Å². The Balaban J connectivity index is -0.00000182. The van der Waals surface area contributed by atoms with E-state index in [1.807, 2.05) is 0 Å². The number of nitrogens with one attached hydrogen (secondary N) is 2. The first-order chi connectivity index (χ1) is 12.9. The van der Waals surface area contributed by atoms with Gasteiger partial charge in [0.05, 0.1) is 79.3 Å². The van der Waals surface area contributed by atoms with Gasteiger partial charge in [-0.05, 0) is 0 Å². The Bertz CT molecular complexity index is 261. The molecule has 186 valence electrons. The first-order valence-corrected chi connectivity index (χ1v) is 10.1. The number of halogens is 2. The minimum Gasteiger partial charge on any atom is -1.00 e. The Morgan fingerprint density at radius 3 is 0.633 bits per heavy atom. The van der Waals surface area contributed by atoms with Crippen molar-refractivity contribution >= 4 is 0 Å². The molecule has 12 heteroatoms. The molecule has 2 bridgehead atoms.